The highest BCUT2D eigenvalue weighted by atomic mass is 79.9. The van der Waals surface area contributed by atoms with Gasteiger partial charge in [0, 0.05) is 21.6 Å². The first-order valence-corrected chi connectivity index (χ1v) is 6.85. The lowest BCUT2D eigenvalue weighted by Crippen LogP contribution is -2.05. The molecular weight excluding hydrogens is 362 g/mol. The minimum Gasteiger partial charge on any atom is -0.477 e. The van der Waals surface area contributed by atoms with E-state index in [1.807, 2.05) is 25.1 Å². The van der Waals surface area contributed by atoms with Crippen LogP contribution in [0.15, 0.2) is 33.2 Å². The zero-order valence-corrected chi connectivity index (χ0v) is 13.0. The predicted molar refractivity (Wildman–Crippen MR) is 77.9 cm³/mol. The molecule has 1 N–H and O–H groups in total. The van der Waals surface area contributed by atoms with Crippen LogP contribution in [0.5, 0.6) is 0 Å². The number of aryl methyl sites for hydroxylation is 1. The minimum atomic E-state index is -0.928. The van der Waals surface area contributed by atoms with Gasteiger partial charge in [0.05, 0.1) is 5.69 Å². The number of halogens is 2. The van der Waals surface area contributed by atoms with Crippen molar-refractivity contribution < 1.29 is 9.90 Å². The quantitative estimate of drug-likeness (QED) is 0.857. The molecular formula is C13H11Br2NO2. The van der Waals surface area contributed by atoms with E-state index >= 15 is 0 Å². The molecule has 0 aliphatic carbocycles. The number of aromatic carboxylic acids is 1. The highest BCUT2D eigenvalue weighted by Gasteiger charge is 2.16. The molecule has 0 saturated carbocycles. The van der Waals surface area contributed by atoms with E-state index < -0.39 is 5.97 Å². The standard InChI is InChI=1S/C13H11Br2NO2/c1-7-5-8(14)12(9(15)6-7)10-3-4-11(13(17)18)16(10)2/h3-6H,1-2H3,(H,17,18). The summed E-state index contributed by atoms with van der Waals surface area (Å²) in [5.41, 5.74) is 3.20. The van der Waals surface area contributed by atoms with E-state index in [1.165, 1.54) is 0 Å². The molecule has 94 valence electrons. The van der Waals surface area contributed by atoms with Gasteiger partial charge < -0.3 is 9.67 Å². The molecule has 1 aromatic heterocycles. The third kappa shape index (κ3) is 2.24. The first-order chi connectivity index (χ1) is 8.41. The molecule has 0 atom stereocenters. The van der Waals surface area contributed by atoms with Crippen LogP contribution in [0.25, 0.3) is 11.3 Å². The van der Waals surface area contributed by atoms with E-state index in [0.717, 1.165) is 25.8 Å². The van der Waals surface area contributed by atoms with Gasteiger partial charge in [0.1, 0.15) is 5.69 Å². The smallest absolute Gasteiger partial charge is 0.352 e. The molecule has 0 aliphatic rings. The molecule has 0 radical (unpaired) electrons. The van der Waals surface area contributed by atoms with Crippen molar-refractivity contribution in [1.29, 1.82) is 0 Å². The molecule has 0 fully saturated rings. The van der Waals surface area contributed by atoms with E-state index in [0.29, 0.717) is 0 Å². The van der Waals surface area contributed by atoms with Crippen LogP contribution in [0.3, 0.4) is 0 Å². The van der Waals surface area contributed by atoms with E-state index in [2.05, 4.69) is 31.9 Å². The largest absolute Gasteiger partial charge is 0.477 e. The van der Waals surface area contributed by atoms with Crippen LogP contribution in [-0.2, 0) is 7.05 Å². The number of nitrogens with zero attached hydrogens (tertiary/aromatic N) is 1. The molecule has 3 nitrogen and oxygen atoms in total. The maximum Gasteiger partial charge on any atom is 0.352 e. The number of hydrogen-bond donors (Lipinski definition) is 1. The third-order valence-electron chi connectivity index (χ3n) is 2.78. The van der Waals surface area contributed by atoms with Gasteiger partial charge in [-0.15, -0.1) is 0 Å². The maximum absolute atomic E-state index is 11.0. The SMILES string of the molecule is Cc1cc(Br)c(-c2ccc(C(=O)O)n2C)c(Br)c1. The normalized spacial score (nSPS) is 10.7. The molecule has 1 aromatic carbocycles. The van der Waals surface area contributed by atoms with Crippen molar-refractivity contribution in [2.45, 2.75) is 6.92 Å². The number of carbonyl (C=O) groups is 1. The third-order valence-corrected chi connectivity index (χ3v) is 4.03. The second kappa shape index (κ2) is 4.90. The molecule has 0 unspecified atom stereocenters. The van der Waals surface area contributed by atoms with Crippen LogP contribution in [0.4, 0.5) is 0 Å². The molecule has 0 saturated heterocycles. The van der Waals surface area contributed by atoms with Crippen LogP contribution < -0.4 is 0 Å². The van der Waals surface area contributed by atoms with E-state index in [-0.39, 0.29) is 5.69 Å². The summed E-state index contributed by atoms with van der Waals surface area (Å²) in [7, 11) is 1.75. The summed E-state index contributed by atoms with van der Waals surface area (Å²) in [4.78, 5) is 11.0. The summed E-state index contributed by atoms with van der Waals surface area (Å²) in [5, 5.41) is 9.06. The van der Waals surface area contributed by atoms with Crippen molar-refractivity contribution >= 4 is 37.8 Å². The van der Waals surface area contributed by atoms with Gasteiger partial charge in [0.2, 0.25) is 0 Å². The van der Waals surface area contributed by atoms with Gasteiger partial charge in [-0.25, -0.2) is 4.79 Å². The fourth-order valence-corrected chi connectivity index (χ4v) is 3.74. The number of hydrogen-bond acceptors (Lipinski definition) is 1. The fraction of sp³-hybridized carbons (Fsp3) is 0.154. The Balaban J connectivity index is 2.67. The summed E-state index contributed by atoms with van der Waals surface area (Å²) < 4.78 is 3.54. The minimum absolute atomic E-state index is 0.268. The lowest BCUT2D eigenvalue weighted by molar-refractivity contribution is 0.0687. The van der Waals surface area contributed by atoms with Gasteiger partial charge in [0.15, 0.2) is 0 Å². The molecule has 2 rings (SSSR count). The number of carboxylic acids is 1. The summed E-state index contributed by atoms with van der Waals surface area (Å²) in [5.74, 6) is -0.928. The maximum atomic E-state index is 11.0. The topological polar surface area (TPSA) is 42.2 Å². The van der Waals surface area contributed by atoms with Crippen LogP contribution in [-0.4, -0.2) is 15.6 Å². The lowest BCUT2D eigenvalue weighted by Gasteiger charge is -2.11. The molecule has 1 heterocycles. The second-order valence-corrected chi connectivity index (χ2v) is 5.78. The Hall–Kier alpha value is -1.07. The summed E-state index contributed by atoms with van der Waals surface area (Å²) >= 11 is 7.05. The van der Waals surface area contributed by atoms with Gasteiger partial charge in [-0.2, -0.15) is 0 Å². The Kier molecular flexibility index (Phi) is 3.64. The molecule has 18 heavy (non-hydrogen) atoms. The van der Waals surface area contributed by atoms with Crippen molar-refractivity contribution in [2.75, 3.05) is 0 Å². The summed E-state index contributed by atoms with van der Waals surface area (Å²) in [6, 6.07) is 7.43. The predicted octanol–water partition coefficient (Wildman–Crippen LogP) is 4.22. The van der Waals surface area contributed by atoms with Crippen molar-refractivity contribution in [3.63, 3.8) is 0 Å². The molecule has 0 bridgehead atoms. The van der Waals surface area contributed by atoms with Crippen molar-refractivity contribution in [3.05, 3.63) is 44.5 Å². The fourth-order valence-electron chi connectivity index (χ4n) is 1.92. The Morgan fingerprint density at radius 1 is 1.22 bits per heavy atom. The van der Waals surface area contributed by atoms with Crippen LogP contribution in [0.1, 0.15) is 16.1 Å². The average molecular weight is 373 g/mol. The first kappa shape index (κ1) is 13.4. The van der Waals surface area contributed by atoms with Gasteiger partial charge in [-0.3, -0.25) is 0 Å². The monoisotopic (exact) mass is 371 g/mol. The zero-order valence-electron chi connectivity index (χ0n) is 9.87. The van der Waals surface area contributed by atoms with Crippen LogP contribution in [0, 0.1) is 6.92 Å². The number of benzene rings is 1. The molecule has 0 spiro atoms. The average Bonchev–Trinajstić information content (AvgIpc) is 2.59. The Morgan fingerprint density at radius 2 is 1.78 bits per heavy atom. The van der Waals surface area contributed by atoms with Gasteiger partial charge in [-0.05, 0) is 36.8 Å². The number of rotatable bonds is 2. The van der Waals surface area contributed by atoms with Gasteiger partial charge in [-0.1, -0.05) is 31.9 Å². The molecule has 0 amide bonds. The van der Waals surface area contributed by atoms with E-state index in [9.17, 15) is 4.79 Å². The van der Waals surface area contributed by atoms with E-state index in [1.54, 1.807) is 17.7 Å². The Labute approximate surface area is 122 Å². The van der Waals surface area contributed by atoms with Gasteiger partial charge >= 0.3 is 5.97 Å². The lowest BCUT2D eigenvalue weighted by atomic mass is 10.1. The number of carboxylic acid groups (broad SMARTS) is 1. The van der Waals surface area contributed by atoms with Crippen LogP contribution in [0.2, 0.25) is 0 Å². The second-order valence-electron chi connectivity index (χ2n) is 4.07. The highest BCUT2D eigenvalue weighted by molar-refractivity contribution is 9.11. The van der Waals surface area contributed by atoms with Crippen LogP contribution >= 0.6 is 31.9 Å². The first-order valence-electron chi connectivity index (χ1n) is 5.27. The van der Waals surface area contributed by atoms with Gasteiger partial charge in [0.25, 0.3) is 0 Å². The summed E-state index contributed by atoms with van der Waals surface area (Å²) in [6.45, 7) is 2.01. The molecule has 2 aromatic rings. The molecule has 0 aliphatic heterocycles. The number of aromatic nitrogens is 1. The Bertz CT molecular complexity index is 609. The van der Waals surface area contributed by atoms with Crippen molar-refractivity contribution in [2.24, 2.45) is 7.05 Å². The summed E-state index contributed by atoms with van der Waals surface area (Å²) in [6.07, 6.45) is 0. The Morgan fingerprint density at radius 3 is 2.22 bits per heavy atom. The molecule has 5 heteroatoms. The van der Waals surface area contributed by atoms with E-state index in [4.69, 9.17) is 5.11 Å². The highest BCUT2D eigenvalue weighted by Crippen LogP contribution is 2.36. The van der Waals surface area contributed by atoms with Crippen molar-refractivity contribution in [1.82, 2.24) is 4.57 Å². The van der Waals surface area contributed by atoms with Crippen molar-refractivity contribution in [3.8, 4) is 11.3 Å². The zero-order chi connectivity index (χ0) is 13.4.